The molecule has 0 amide bonds. The number of thioether (sulfide) groups is 1. The SMILES string of the molecule is CCOc1nc(NC2CCCCC2SC)ccc1N. The van der Waals surface area contributed by atoms with E-state index >= 15 is 0 Å². The summed E-state index contributed by atoms with van der Waals surface area (Å²) in [6, 6.07) is 4.29. The van der Waals surface area contributed by atoms with Gasteiger partial charge in [-0.05, 0) is 38.2 Å². The number of hydrogen-bond donors (Lipinski definition) is 2. The molecule has 0 radical (unpaired) electrons. The van der Waals surface area contributed by atoms with Gasteiger partial charge in [-0.3, -0.25) is 0 Å². The summed E-state index contributed by atoms with van der Waals surface area (Å²) >= 11 is 1.94. The maximum absolute atomic E-state index is 5.84. The molecule has 19 heavy (non-hydrogen) atoms. The smallest absolute Gasteiger partial charge is 0.239 e. The van der Waals surface area contributed by atoms with Crippen molar-refractivity contribution >= 4 is 23.3 Å². The minimum atomic E-state index is 0.495. The number of hydrogen-bond acceptors (Lipinski definition) is 5. The van der Waals surface area contributed by atoms with Crippen LogP contribution in [0.15, 0.2) is 12.1 Å². The summed E-state index contributed by atoms with van der Waals surface area (Å²) in [5.74, 6) is 1.40. The number of nitrogens with zero attached hydrogens (tertiary/aromatic N) is 1. The Bertz CT molecular complexity index is 414. The molecule has 2 rings (SSSR count). The van der Waals surface area contributed by atoms with Crippen molar-refractivity contribution < 1.29 is 4.74 Å². The summed E-state index contributed by atoms with van der Waals surface area (Å²) in [5.41, 5.74) is 6.44. The standard InChI is InChI=1S/C14H23N3OS/c1-3-18-14-10(15)8-9-13(17-14)16-11-6-4-5-7-12(11)19-2/h8-9,11-12H,3-7,15H2,1-2H3,(H,16,17). The van der Waals surface area contributed by atoms with Crippen molar-refractivity contribution in [1.82, 2.24) is 4.98 Å². The lowest BCUT2D eigenvalue weighted by molar-refractivity contribution is 0.329. The zero-order valence-electron chi connectivity index (χ0n) is 11.7. The molecular weight excluding hydrogens is 258 g/mol. The fourth-order valence-electron chi connectivity index (χ4n) is 2.52. The molecule has 0 aromatic carbocycles. The molecule has 1 aromatic heterocycles. The first-order chi connectivity index (χ1) is 9.24. The highest BCUT2D eigenvalue weighted by Gasteiger charge is 2.24. The van der Waals surface area contributed by atoms with E-state index in [-0.39, 0.29) is 0 Å². The third-order valence-electron chi connectivity index (χ3n) is 3.51. The molecule has 1 aromatic rings. The Morgan fingerprint density at radius 1 is 1.42 bits per heavy atom. The fourth-order valence-corrected chi connectivity index (χ4v) is 3.45. The zero-order valence-corrected chi connectivity index (χ0v) is 12.5. The van der Waals surface area contributed by atoms with E-state index in [2.05, 4.69) is 16.6 Å². The van der Waals surface area contributed by atoms with Crippen LogP contribution >= 0.6 is 11.8 Å². The average molecular weight is 281 g/mol. The van der Waals surface area contributed by atoms with Crippen LogP contribution in [-0.2, 0) is 0 Å². The summed E-state index contributed by atoms with van der Waals surface area (Å²) in [6.07, 6.45) is 7.31. The molecule has 1 aliphatic rings. The van der Waals surface area contributed by atoms with Crippen molar-refractivity contribution in [3.05, 3.63) is 12.1 Å². The van der Waals surface area contributed by atoms with Crippen LogP contribution in [-0.4, -0.2) is 29.1 Å². The van der Waals surface area contributed by atoms with Gasteiger partial charge in [0.15, 0.2) is 0 Å². The normalized spacial score (nSPS) is 23.1. The van der Waals surface area contributed by atoms with Gasteiger partial charge in [0.2, 0.25) is 5.88 Å². The van der Waals surface area contributed by atoms with Gasteiger partial charge in [-0.2, -0.15) is 16.7 Å². The van der Waals surface area contributed by atoms with E-state index in [0.717, 1.165) is 5.82 Å². The second-order valence-corrected chi connectivity index (χ2v) is 5.91. The Labute approximate surface area is 119 Å². The third-order valence-corrected chi connectivity index (χ3v) is 4.68. The number of ether oxygens (including phenoxy) is 1. The summed E-state index contributed by atoms with van der Waals surface area (Å²) < 4.78 is 5.44. The van der Waals surface area contributed by atoms with Gasteiger partial charge in [0, 0.05) is 11.3 Å². The van der Waals surface area contributed by atoms with Crippen LogP contribution in [0.2, 0.25) is 0 Å². The molecule has 1 saturated carbocycles. The first-order valence-corrected chi connectivity index (χ1v) is 8.22. The van der Waals surface area contributed by atoms with Gasteiger partial charge in [0.05, 0.1) is 12.3 Å². The van der Waals surface area contributed by atoms with Gasteiger partial charge in [0.25, 0.3) is 0 Å². The van der Waals surface area contributed by atoms with E-state index in [0.29, 0.717) is 29.5 Å². The molecular formula is C14H23N3OS. The Hall–Kier alpha value is -1.10. The van der Waals surface area contributed by atoms with E-state index in [1.807, 2.05) is 30.8 Å². The number of rotatable bonds is 5. The molecule has 4 nitrogen and oxygen atoms in total. The van der Waals surface area contributed by atoms with Crippen LogP contribution in [0.4, 0.5) is 11.5 Å². The molecule has 0 spiro atoms. The number of nitrogens with two attached hydrogens (primary N) is 1. The van der Waals surface area contributed by atoms with Gasteiger partial charge in [-0.15, -0.1) is 0 Å². The number of pyridine rings is 1. The molecule has 106 valence electrons. The lowest BCUT2D eigenvalue weighted by atomic mass is 9.95. The van der Waals surface area contributed by atoms with Gasteiger partial charge in [0.1, 0.15) is 5.82 Å². The maximum Gasteiger partial charge on any atom is 0.239 e. The molecule has 0 bridgehead atoms. The molecule has 1 fully saturated rings. The Kier molecular flexibility index (Phi) is 5.19. The van der Waals surface area contributed by atoms with Crippen molar-refractivity contribution in [1.29, 1.82) is 0 Å². The van der Waals surface area contributed by atoms with Gasteiger partial charge in [-0.1, -0.05) is 12.8 Å². The van der Waals surface area contributed by atoms with Crippen LogP contribution in [0, 0.1) is 0 Å². The summed E-state index contributed by atoms with van der Waals surface area (Å²) in [4.78, 5) is 4.46. The Morgan fingerprint density at radius 3 is 2.95 bits per heavy atom. The van der Waals surface area contributed by atoms with E-state index in [1.54, 1.807) is 0 Å². The highest BCUT2D eigenvalue weighted by atomic mass is 32.2. The quantitative estimate of drug-likeness (QED) is 0.868. The van der Waals surface area contributed by atoms with E-state index in [9.17, 15) is 0 Å². The predicted octanol–water partition coefficient (Wildman–Crippen LogP) is 3.15. The molecule has 1 aliphatic carbocycles. The molecule has 2 unspecified atom stereocenters. The topological polar surface area (TPSA) is 60.2 Å². The highest BCUT2D eigenvalue weighted by Crippen LogP contribution is 2.30. The third kappa shape index (κ3) is 3.69. The van der Waals surface area contributed by atoms with Gasteiger partial charge in [-0.25, -0.2) is 0 Å². The second kappa shape index (κ2) is 6.89. The first kappa shape index (κ1) is 14.3. The molecule has 0 saturated heterocycles. The van der Waals surface area contributed by atoms with Crippen LogP contribution in [0.5, 0.6) is 5.88 Å². The Balaban J connectivity index is 2.07. The van der Waals surface area contributed by atoms with Gasteiger partial charge < -0.3 is 15.8 Å². The molecule has 5 heteroatoms. The van der Waals surface area contributed by atoms with Crippen LogP contribution in [0.25, 0.3) is 0 Å². The molecule has 1 heterocycles. The first-order valence-electron chi connectivity index (χ1n) is 6.93. The largest absolute Gasteiger partial charge is 0.476 e. The lowest BCUT2D eigenvalue weighted by Gasteiger charge is -2.31. The van der Waals surface area contributed by atoms with Crippen LogP contribution in [0.3, 0.4) is 0 Å². The second-order valence-electron chi connectivity index (χ2n) is 4.83. The highest BCUT2D eigenvalue weighted by molar-refractivity contribution is 7.99. The monoisotopic (exact) mass is 281 g/mol. The summed E-state index contributed by atoms with van der Waals surface area (Å²) in [5, 5.41) is 4.21. The van der Waals surface area contributed by atoms with Crippen molar-refractivity contribution in [3.8, 4) is 5.88 Å². The zero-order chi connectivity index (χ0) is 13.7. The lowest BCUT2D eigenvalue weighted by Crippen LogP contribution is -2.34. The van der Waals surface area contributed by atoms with E-state index in [4.69, 9.17) is 10.5 Å². The predicted molar refractivity (Wildman–Crippen MR) is 83.0 cm³/mol. The van der Waals surface area contributed by atoms with Crippen molar-refractivity contribution in [2.45, 2.75) is 43.9 Å². The number of nitrogen functional groups attached to an aromatic ring is 1. The minimum Gasteiger partial charge on any atom is -0.476 e. The fraction of sp³-hybridized carbons (Fsp3) is 0.643. The number of aromatic nitrogens is 1. The summed E-state index contributed by atoms with van der Waals surface area (Å²) in [7, 11) is 0. The maximum atomic E-state index is 5.84. The average Bonchev–Trinajstić information content (AvgIpc) is 2.43. The number of anilines is 2. The molecule has 3 N–H and O–H groups in total. The number of nitrogens with one attached hydrogen (secondary N) is 1. The van der Waals surface area contributed by atoms with E-state index in [1.165, 1.54) is 25.7 Å². The van der Waals surface area contributed by atoms with Crippen molar-refractivity contribution in [2.24, 2.45) is 0 Å². The van der Waals surface area contributed by atoms with Crippen LogP contribution in [0.1, 0.15) is 32.6 Å². The molecule has 0 aliphatic heterocycles. The minimum absolute atomic E-state index is 0.495. The summed E-state index contributed by atoms with van der Waals surface area (Å²) in [6.45, 7) is 2.52. The Morgan fingerprint density at radius 2 is 2.21 bits per heavy atom. The van der Waals surface area contributed by atoms with Crippen molar-refractivity contribution in [2.75, 3.05) is 23.9 Å². The van der Waals surface area contributed by atoms with Crippen molar-refractivity contribution in [3.63, 3.8) is 0 Å². The van der Waals surface area contributed by atoms with Gasteiger partial charge >= 0.3 is 0 Å². The van der Waals surface area contributed by atoms with E-state index < -0.39 is 0 Å². The van der Waals surface area contributed by atoms with Crippen LogP contribution < -0.4 is 15.8 Å². The molecule has 2 atom stereocenters.